The highest BCUT2D eigenvalue weighted by atomic mass is 16.3. The van der Waals surface area contributed by atoms with Crippen LogP contribution >= 0.6 is 0 Å². The number of hydrogen-bond donors (Lipinski definition) is 1. The zero-order valence-electron chi connectivity index (χ0n) is 12.9. The molecule has 20 heavy (non-hydrogen) atoms. The van der Waals surface area contributed by atoms with E-state index in [9.17, 15) is 5.11 Å². The lowest BCUT2D eigenvalue weighted by molar-refractivity contribution is 0.120. The van der Waals surface area contributed by atoms with Gasteiger partial charge in [0.25, 0.3) is 0 Å². The molecule has 0 spiro atoms. The highest BCUT2D eigenvalue weighted by Gasteiger charge is 2.27. The minimum atomic E-state index is -0.199. The molecule has 2 unspecified atom stereocenters. The number of aliphatic hydroxyl groups is 1. The summed E-state index contributed by atoms with van der Waals surface area (Å²) in [4.78, 5) is 4.53. The lowest BCUT2D eigenvalue weighted by Gasteiger charge is -2.28. The zero-order chi connectivity index (χ0) is 14.2. The van der Waals surface area contributed by atoms with Crippen LogP contribution in [0.25, 0.3) is 0 Å². The molecule has 0 saturated heterocycles. The minimum absolute atomic E-state index is 0.199. The van der Waals surface area contributed by atoms with Gasteiger partial charge in [-0.3, -0.25) is 4.98 Å². The summed E-state index contributed by atoms with van der Waals surface area (Å²) < 4.78 is 0. The average Bonchev–Trinajstić information content (AvgIpc) is 2.50. The maximum Gasteiger partial charge on any atom is 0.0623 e. The van der Waals surface area contributed by atoms with Crippen molar-refractivity contribution in [3.8, 4) is 0 Å². The molecular weight excluding hydrogens is 246 g/mol. The Morgan fingerprint density at radius 3 is 2.90 bits per heavy atom. The smallest absolute Gasteiger partial charge is 0.0623 e. The molecule has 1 aliphatic carbocycles. The summed E-state index contributed by atoms with van der Waals surface area (Å²) in [7, 11) is 0. The quantitative estimate of drug-likeness (QED) is 0.703. The van der Waals surface area contributed by atoms with Crippen LogP contribution in [0.5, 0.6) is 0 Å². The second-order valence-corrected chi connectivity index (χ2v) is 6.17. The fourth-order valence-electron chi connectivity index (χ4n) is 3.35. The molecule has 0 saturated carbocycles. The van der Waals surface area contributed by atoms with E-state index in [4.69, 9.17) is 0 Å². The summed E-state index contributed by atoms with van der Waals surface area (Å²) in [5.74, 6) is 0.274. The van der Waals surface area contributed by atoms with Crippen molar-refractivity contribution in [2.45, 2.75) is 83.2 Å². The van der Waals surface area contributed by atoms with Gasteiger partial charge in [-0.25, -0.2) is 0 Å². The van der Waals surface area contributed by atoms with Gasteiger partial charge in [0.1, 0.15) is 0 Å². The number of pyridine rings is 1. The van der Waals surface area contributed by atoms with E-state index in [0.29, 0.717) is 0 Å². The molecule has 0 radical (unpaired) electrons. The molecule has 0 fully saturated rings. The van der Waals surface area contributed by atoms with Crippen LogP contribution in [-0.2, 0) is 6.42 Å². The van der Waals surface area contributed by atoms with Crippen LogP contribution in [0.15, 0.2) is 18.3 Å². The fourth-order valence-corrected chi connectivity index (χ4v) is 3.35. The van der Waals surface area contributed by atoms with Gasteiger partial charge in [0.15, 0.2) is 0 Å². The summed E-state index contributed by atoms with van der Waals surface area (Å²) in [6, 6.07) is 4.19. The molecule has 1 aromatic heterocycles. The lowest BCUT2D eigenvalue weighted by atomic mass is 9.81. The van der Waals surface area contributed by atoms with Crippen LogP contribution < -0.4 is 0 Å². The Labute approximate surface area is 123 Å². The van der Waals surface area contributed by atoms with Gasteiger partial charge in [-0.15, -0.1) is 0 Å². The van der Waals surface area contributed by atoms with E-state index in [-0.39, 0.29) is 12.0 Å². The van der Waals surface area contributed by atoms with Crippen LogP contribution in [0.2, 0.25) is 0 Å². The van der Waals surface area contributed by atoms with Crippen molar-refractivity contribution in [2.24, 2.45) is 0 Å². The molecule has 2 nitrogen and oxygen atoms in total. The van der Waals surface area contributed by atoms with Crippen LogP contribution in [-0.4, -0.2) is 16.2 Å². The van der Waals surface area contributed by atoms with Crippen molar-refractivity contribution in [1.29, 1.82) is 0 Å². The van der Waals surface area contributed by atoms with Crippen molar-refractivity contribution in [2.75, 3.05) is 0 Å². The summed E-state index contributed by atoms with van der Waals surface area (Å²) >= 11 is 0. The Hall–Kier alpha value is -0.890. The number of unbranched alkanes of at least 4 members (excludes halogenated alkanes) is 5. The largest absolute Gasteiger partial charge is 0.392 e. The third-order valence-corrected chi connectivity index (χ3v) is 4.56. The first-order valence-electron chi connectivity index (χ1n) is 8.44. The summed E-state index contributed by atoms with van der Waals surface area (Å²) in [6.45, 7) is 2.25. The number of hydrogen-bond acceptors (Lipinski definition) is 2. The highest BCUT2D eigenvalue weighted by molar-refractivity contribution is 5.26. The molecule has 0 aliphatic heterocycles. The van der Waals surface area contributed by atoms with E-state index in [1.54, 1.807) is 0 Å². The van der Waals surface area contributed by atoms with Gasteiger partial charge in [0, 0.05) is 17.8 Å². The zero-order valence-corrected chi connectivity index (χ0v) is 12.9. The Kier molecular flexibility index (Phi) is 6.52. The second-order valence-electron chi connectivity index (χ2n) is 6.17. The molecule has 2 rings (SSSR count). The molecule has 0 aromatic carbocycles. The number of aliphatic hydroxyl groups excluding tert-OH is 1. The number of aryl methyl sites for hydroxylation is 1. The van der Waals surface area contributed by atoms with Crippen molar-refractivity contribution < 1.29 is 5.11 Å². The maximum absolute atomic E-state index is 10.5. The Bertz CT molecular complexity index is 391. The van der Waals surface area contributed by atoms with Gasteiger partial charge in [-0.1, -0.05) is 51.5 Å². The monoisotopic (exact) mass is 275 g/mol. The number of rotatable bonds is 8. The van der Waals surface area contributed by atoms with Gasteiger partial charge in [0.05, 0.1) is 6.10 Å². The predicted octanol–water partition coefficient (Wildman–Crippen LogP) is 4.61. The number of fused-ring (bicyclic) bond motifs is 1. The molecule has 0 bridgehead atoms. The molecule has 112 valence electrons. The van der Waals surface area contributed by atoms with E-state index in [0.717, 1.165) is 31.4 Å². The molecule has 1 heterocycles. The van der Waals surface area contributed by atoms with E-state index in [1.165, 1.54) is 44.1 Å². The standard InChI is InChI=1S/C18H29NO/c1-2-3-4-5-6-7-13-17(20)16-12-8-10-15-11-9-14-19-18(15)16/h9,11,14,16-17,20H,2-8,10,12-13H2,1H3. The fraction of sp³-hybridized carbons (Fsp3) is 0.722. The second kappa shape index (κ2) is 8.41. The van der Waals surface area contributed by atoms with Crippen molar-refractivity contribution >= 4 is 0 Å². The molecule has 1 aliphatic rings. The lowest BCUT2D eigenvalue weighted by Crippen LogP contribution is -2.24. The van der Waals surface area contributed by atoms with E-state index < -0.39 is 0 Å². The van der Waals surface area contributed by atoms with Crippen LogP contribution in [0.1, 0.15) is 81.9 Å². The van der Waals surface area contributed by atoms with E-state index in [1.807, 2.05) is 12.3 Å². The van der Waals surface area contributed by atoms with Crippen LogP contribution in [0, 0.1) is 0 Å². The van der Waals surface area contributed by atoms with Crippen LogP contribution in [0.3, 0.4) is 0 Å². The Morgan fingerprint density at radius 2 is 2.05 bits per heavy atom. The first-order chi connectivity index (χ1) is 9.83. The Balaban J connectivity index is 1.77. The normalized spacial score (nSPS) is 19.6. The molecule has 2 heteroatoms. The third-order valence-electron chi connectivity index (χ3n) is 4.56. The molecular formula is C18H29NO. The maximum atomic E-state index is 10.5. The molecule has 1 N–H and O–H groups in total. The van der Waals surface area contributed by atoms with E-state index in [2.05, 4.69) is 18.0 Å². The van der Waals surface area contributed by atoms with Gasteiger partial charge in [0.2, 0.25) is 0 Å². The van der Waals surface area contributed by atoms with Crippen LogP contribution in [0.4, 0.5) is 0 Å². The van der Waals surface area contributed by atoms with Crippen molar-refractivity contribution in [3.63, 3.8) is 0 Å². The number of nitrogens with zero attached hydrogens (tertiary/aromatic N) is 1. The van der Waals surface area contributed by atoms with E-state index >= 15 is 0 Å². The summed E-state index contributed by atoms with van der Waals surface area (Å²) in [6.07, 6.45) is 13.8. The minimum Gasteiger partial charge on any atom is -0.392 e. The van der Waals surface area contributed by atoms with Gasteiger partial charge < -0.3 is 5.11 Å². The molecule has 1 aromatic rings. The molecule has 0 amide bonds. The average molecular weight is 275 g/mol. The summed E-state index contributed by atoms with van der Waals surface area (Å²) in [5, 5.41) is 10.5. The topological polar surface area (TPSA) is 33.1 Å². The molecule has 2 atom stereocenters. The first kappa shape index (κ1) is 15.5. The Morgan fingerprint density at radius 1 is 1.25 bits per heavy atom. The van der Waals surface area contributed by atoms with Crippen molar-refractivity contribution in [3.05, 3.63) is 29.6 Å². The van der Waals surface area contributed by atoms with Crippen molar-refractivity contribution in [1.82, 2.24) is 4.98 Å². The summed E-state index contributed by atoms with van der Waals surface area (Å²) in [5.41, 5.74) is 2.52. The third kappa shape index (κ3) is 4.31. The predicted molar refractivity (Wildman–Crippen MR) is 83.9 cm³/mol. The highest BCUT2D eigenvalue weighted by Crippen LogP contribution is 2.34. The number of aromatic nitrogens is 1. The van der Waals surface area contributed by atoms with Gasteiger partial charge >= 0.3 is 0 Å². The van der Waals surface area contributed by atoms with Gasteiger partial charge in [-0.2, -0.15) is 0 Å². The first-order valence-corrected chi connectivity index (χ1v) is 8.44. The SMILES string of the molecule is CCCCCCCCC(O)C1CCCc2cccnc21. The van der Waals surface area contributed by atoms with Gasteiger partial charge in [-0.05, 0) is 37.3 Å².